The van der Waals surface area contributed by atoms with Crippen molar-refractivity contribution in [1.82, 2.24) is 0 Å². The molecule has 0 aliphatic heterocycles. The molecular formula is C23H34O2Si. The Labute approximate surface area is 161 Å². The number of hydrogen-bond acceptors (Lipinski definition) is 2. The van der Waals surface area contributed by atoms with Gasteiger partial charge in [0.1, 0.15) is 13.6 Å². The van der Waals surface area contributed by atoms with Crippen LogP contribution in [0.4, 0.5) is 0 Å². The summed E-state index contributed by atoms with van der Waals surface area (Å²) in [5, 5.41) is 0. The van der Waals surface area contributed by atoms with Gasteiger partial charge < -0.3 is 4.74 Å². The molecule has 3 heteroatoms. The van der Waals surface area contributed by atoms with Crippen LogP contribution in [0.1, 0.15) is 59.6 Å². The van der Waals surface area contributed by atoms with E-state index in [-0.39, 0.29) is 5.97 Å². The van der Waals surface area contributed by atoms with Crippen LogP contribution in [0, 0.1) is 18.4 Å². The molecule has 0 aliphatic rings. The van der Waals surface area contributed by atoms with Crippen LogP contribution in [-0.2, 0) is 9.53 Å². The maximum Gasteiger partial charge on any atom is 0.346 e. The van der Waals surface area contributed by atoms with Crippen molar-refractivity contribution in [2.45, 2.75) is 72.0 Å². The third-order valence-corrected chi connectivity index (χ3v) is 11.5. The molecule has 26 heavy (non-hydrogen) atoms. The van der Waals surface area contributed by atoms with Gasteiger partial charge in [0, 0.05) is 0 Å². The van der Waals surface area contributed by atoms with Crippen LogP contribution in [0.25, 0.3) is 6.08 Å². The van der Waals surface area contributed by atoms with Gasteiger partial charge in [0.05, 0.1) is 6.61 Å². The second kappa shape index (κ2) is 9.78. The lowest BCUT2D eigenvalue weighted by molar-refractivity contribution is -0.137. The molecule has 0 unspecified atom stereocenters. The molecule has 0 atom stereocenters. The smallest absolute Gasteiger partial charge is 0.346 e. The summed E-state index contributed by atoms with van der Waals surface area (Å²) in [6, 6.07) is 8.09. The fraction of sp³-hybridized carbons (Fsp3) is 0.522. The first-order valence-electron chi connectivity index (χ1n) is 9.63. The number of aryl methyl sites for hydroxylation is 1. The van der Waals surface area contributed by atoms with Gasteiger partial charge in [-0.15, -0.1) is 5.54 Å². The molecular weight excluding hydrogens is 336 g/mol. The van der Waals surface area contributed by atoms with Crippen molar-refractivity contribution in [2.24, 2.45) is 0 Å². The minimum absolute atomic E-state index is 0.334. The maximum atomic E-state index is 12.5. The SMILES string of the molecule is CCOC(=O)/C(C#C[Si](C(C)C)(C(C)C)C(C)C)=C/c1ccc(C)cc1. The molecule has 0 aliphatic carbocycles. The zero-order valence-electron chi connectivity index (χ0n) is 17.6. The number of hydrogen-bond donors (Lipinski definition) is 0. The van der Waals surface area contributed by atoms with Gasteiger partial charge in [-0.05, 0) is 42.1 Å². The van der Waals surface area contributed by atoms with Crippen LogP contribution < -0.4 is 0 Å². The van der Waals surface area contributed by atoms with Gasteiger partial charge in [-0.1, -0.05) is 77.3 Å². The minimum atomic E-state index is -1.90. The molecule has 2 nitrogen and oxygen atoms in total. The molecule has 1 aromatic rings. The Morgan fingerprint density at radius 1 is 1.04 bits per heavy atom. The summed E-state index contributed by atoms with van der Waals surface area (Å²) in [6.07, 6.45) is 1.85. The lowest BCUT2D eigenvalue weighted by Crippen LogP contribution is -2.43. The molecule has 0 radical (unpaired) electrons. The lowest BCUT2D eigenvalue weighted by atomic mass is 10.1. The number of rotatable bonds is 6. The second-order valence-electron chi connectivity index (χ2n) is 7.84. The predicted molar refractivity (Wildman–Crippen MR) is 115 cm³/mol. The molecule has 0 aromatic heterocycles. The van der Waals surface area contributed by atoms with Crippen LogP contribution in [0.5, 0.6) is 0 Å². The normalized spacial score (nSPS) is 12.3. The molecule has 0 saturated heterocycles. The monoisotopic (exact) mass is 370 g/mol. The Morgan fingerprint density at radius 2 is 1.54 bits per heavy atom. The van der Waals surface area contributed by atoms with E-state index in [0.717, 1.165) is 5.56 Å². The van der Waals surface area contributed by atoms with Crippen LogP contribution in [0.15, 0.2) is 29.8 Å². The van der Waals surface area contributed by atoms with E-state index in [2.05, 4.69) is 53.0 Å². The summed E-state index contributed by atoms with van der Waals surface area (Å²) >= 11 is 0. The molecule has 0 heterocycles. The van der Waals surface area contributed by atoms with Crippen molar-refractivity contribution < 1.29 is 9.53 Å². The largest absolute Gasteiger partial charge is 0.462 e. The van der Waals surface area contributed by atoms with Crippen LogP contribution in [-0.4, -0.2) is 20.7 Å². The quantitative estimate of drug-likeness (QED) is 0.259. The summed E-state index contributed by atoms with van der Waals surface area (Å²) in [7, 11) is -1.90. The average Bonchev–Trinajstić information content (AvgIpc) is 2.55. The fourth-order valence-electron chi connectivity index (χ4n) is 3.79. The molecule has 0 spiro atoms. The first-order chi connectivity index (χ1) is 12.1. The van der Waals surface area contributed by atoms with Crippen molar-refractivity contribution in [2.75, 3.05) is 6.61 Å². The summed E-state index contributed by atoms with van der Waals surface area (Å²) < 4.78 is 5.25. The van der Waals surface area contributed by atoms with Gasteiger partial charge in [0.15, 0.2) is 0 Å². The molecule has 1 aromatic carbocycles. The first kappa shape index (κ1) is 22.2. The molecule has 0 amide bonds. The van der Waals surface area contributed by atoms with Crippen molar-refractivity contribution in [3.63, 3.8) is 0 Å². The standard InChI is InChI=1S/C23H34O2Si/c1-9-25-23(24)22(16-21-12-10-20(8)11-13-21)14-15-26(17(2)3,18(4)5)19(6)7/h10-13,16-19H,9H2,1-8H3/b22-16+. The van der Waals surface area contributed by atoms with Gasteiger partial charge in [0.2, 0.25) is 0 Å². The van der Waals surface area contributed by atoms with E-state index in [1.165, 1.54) is 5.56 Å². The molecule has 0 saturated carbocycles. The zero-order chi connectivity index (χ0) is 19.9. The van der Waals surface area contributed by atoms with Crippen LogP contribution in [0.2, 0.25) is 16.6 Å². The van der Waals surface area contributed by atoms with Gasteiger partial charge in [0.25, 0.3) is 0 Å². The van der Waals surface area contributed by atoms with Gasteiger partial charge >= 0.3 is 5.97 Å². The van der Waals surface area contributed by atoms with E-state index < -0.39 is 8.07 Å². The number of carbonyl (C=O) groups is 1. The van der Waals surface area contributed by atoms with E-state index in [1.54, 1.807) is 0 Å². The molecule has 142 valence electrons. The molecule has 1 rings (SSSR count). The number of ether oxygens (including phenoxy) is 1. The van der Waals surface area contributed by atoms with E-state index >= 15 is 0 Å². The highest BCUT2D eigenvalue weighted by Crippen LogP contribution is 2.40. The van der Waals surface area contributed by atoms with Crippen LogP contribution >= 0.6 is 0 Å². The van der Waals surface area contributed by atoms with Crippen LogP contribution in [0.3, 0.4) is 0 Å². The van der Waals surface area contributed by atoms with E-state index in [0.29, 0.717) is 28.8 Å². The number of esters is 1. The zero-order valence-corrected chi connectivity index (χ0v) is 18.6. The van der Waals surface area contributed by atoms with Gasteiger partial charge in [-0.3, -0.25) is 0 Å². The Bertz CT molecular complexity index is 663. The van der Waals surface area contributed by atoms with Crippen molar-refractivity contribution in [1.29, 1.82) is 0 Å². The summed E-state index contributed by atoms with van der Waals surface area (Å²) in [5.74, 6) is 2.92. The third kappa shape index (κ3) is 5.35. The van der Waals surface area contributed by atoms with E-state index in [1.807, 2.05) is 44.2 Å². The Balaban J connectivity index is 3.43. The molecule has 0 bridgehead atoms. The number of carbonyl (C=O) groups excluding carboxylic acids is 1. The van der Waals surface area contributed by atoms with E-state index in [9.17, 15) is 4.79 Å². The summed E-state index contributed by atoms with van der Waals surface area (Å²) in [5.41, 5.74) is 7.82. The van der Waals surface area contributed by atoms with Crippen molar-refractivity contribution >= 4 is 20.1 Å². The highest BCUT2D eigenvalue weighted by Gasteiger charge is 2.41. The third-order valence-electron chi connectivity index (χ3n) is 5.16. The second-order valence-corrected chi connectivity index (χ2v) is 13.4. The first-order valence-corrected chi connectivity index (χ1v) is 11.9. The van der Waals surface area contributed by atoms with E-state index in [4.69, 9.17) is 4.74 Å². The average molecular weight is 371 g/mol. The maximum absolute atomic E-state index is 12.5. The Hall–Kier alpha value is -1.79. The van der Waals surface area contributed by atoms with Crippen molar-refractivity contribution in [3.05, 3.63) is 41.0 Å². The molecule has 0 N–H and O–H groups in total. The highest BCUT2D eigenvalue weighted by molar-refractivity contribution is 6.90. The predicted octanol–water partition coefficient (Wildman–Crippen LogP) is 6.16. The van der Waals surface area contributed by atoms with Crippen molar-refractivity contribution in [3.8, 4) is 11.5 Å². The van der Waals surface area contributed by atoms with Gasteiger partial charge in [-0.2, -0.15) is 0 Å². The topological polar surface area (TPSA) is 26.3 Å². The molecule has 0 fully saturated rings. The minimum Gasteiger partial charge on any atom is -0.462 e. The summed E-state index contributed by atoms with van der Waals surface area (Å²) in [4.78, 5) is 12.5. The Kier molecular flexibility index (Phi) is 8.37. The Morgan fingerprint density at radius 3 is 1.96 bits per heavy atom. The summed E-state index contributed by atoms with van der Waals surface area (Å²) in [6.45, 7) is 17.9. The van der Waals surface area contributed by atoms with Gasteiger partial charge in [-0.25, -0.2) is 4.79 Å². The lowest BCUT2D eigenvalue weighted by Gasteiger charge is -2.38. The number of benzene rings is 1. The fourth-order valence-corrected chi connectivity index (χ4v) is 9.01. The highest BCUT2D eigenvalue weighted by atomic mass is 28.3.